The van der Waals surface area contributed by atoms with Gasteiger partial charge in [-0.25, -0.2) is 0 Å². The Hall–Kier alpha value is -0.580. The van der Waals surface area contributed by atoms with Crippen molar-refractivity contribution < 1.29 is 0 Å². The minimum Gasteiger partial charge on any atom is -0.309 e. The van der Waals surface area contributed by atoms with E-state index in [1.165, 1.54) is 14.3 Å². The van der Waals surface area contributed by atoms with Crippen LogP contribution in [0, 0.1) is 0 Å². The summed E-state index contributed by atoms with van der Waals surface area (Å²) in [6.45, 7) is 0. The van der Waals surface area contributed by atoms with Crippen molar-refractivity contribution in [3.05, 3.63) is 56.2 Å². The molecule has 0 radical (unpaired) electrons. The summed E-state index contributed by atoms with van der Waals surface area (Å²) in [5.74, 6) is 0. The summed E-state index contributed by atoms with van der Waals surface area (Å²) in [5.41, 5.74) is 1.06. The van der Waals surface area contributed by atoms with E-state index < -0.39 is 0 Å². The van der Waals surface area contributed by atoms with E-state index in [0.717, 1.165) is 5.56 Å². The molecule has 0 aliphatic rings. The zero-order chi connectivity index (χ0) is 13.4. The standard InChI is InChI=1S/C14H11Cl2NS2/c1-17-14(9-3-2-8(15)6-10(9)16)13-7-12-11(19-13)4-5-18-12/h2-7,14,17H,1H3. The highest BCUT2D eigenvalue weighted by Gasteiger charge is 2.18. The van der Waals surface area contributed by atoms with Gasteiger partial charge in [0.15, 0.2) is 0 Å². The number of nitrogens with one attached hydrogen (secondary N) is 1. The molecule has 1 nitrogen and oxygen atoms in total. The fourth-order valence-electron chi connectivity index (χ4n) is 2.11. The molecule has 1 atom stereocenters. The summed E-state index contributed by atoms with van der Waals surface area (Å²) in [4.78, 5) is 1.27. The van der Waals surface area contributed by atoms with Crippen LogP contribution < -0.4 is 5.32 Å². The molecule has 3 rings (SSSR count). The van der Waals surface area contributed by atoms with Crippen LogP contribution in [-0.4, -0.2) is 7.05 Å². The van der Waals surface area contributed by atoms with Crippen LogP contribution in [0.2, 0.25) is 10.0 Å². The molecule has 0 amide bonds. The Morgan fingerprint density at radius 3 is 2.63 bits per heavy atom. The quantitative estimate of drug-likeness (QED) is 0.662. The first-order valence-electron chi connectivity index (χ1n) is 5.78. The summed E-state index contributed by atoms with van der Waals surface area (Å²) in [6.07, 6.45) is 0. The Balaban J connectivity index is 2.06. The summed E-state index contributed by atoms with van der Waals surface area (Å²) in [7, 11) is 1.95. The summed E-state index contributed by atoms with van der Waals surface area (Å²) < 4.78 is 2.65. The van der Waals surface area contributed by atoms with Crippen LogP contribution in [0.5, 0.6) is 0 Å². The maximum Gasteiger partial charge on any atom is 0.0683 e. The second kappa shape index (κ2) is 5.43. The van der Waals surface area contributed by atoms with Crippen LogP contribution in [0.4, 0.5) is 0 Å². The van der Waals surface area contributed by atoms with Crippen LogP contribution in [-0.2, 0) is 0 Å². The highest BCUT2D eigenvalue weighted by atomic mass is 35.5. The topological polar surface area (TPSA) is 12.0 Å². The zero-order valence-corrected chi connectivity index (χ0v) is 13.3. The molecule has 1 unspecified atom stereocenters. The van der Waals surface area contributed by atoms with Crippen LogP contribution >= 0.6 is 45.9 Å². The van der Waals surface area contributed by atoms with Gasteiger partial charge in [0, 0.05) is 24.3 Å². The minimum absolute atomic E-state index is 0.106. The SMILES string of the molecule is CNC(c1cc2sccc2s1)c1ccc(Cl)cc1Cl. The average molecular weight is 328 g/mol. The number of hydrogen-bond donors (Lipinski definition) is 1. The van der Waals surface area contributed by atoms with E-state index in [-0.39, 0.29) is 6.04 Å². The Morgan fingerprint density at radius 2 is 1.95 bits per heavy atom. The first-order valence-corrected chi connectivity index (χ1v) is 8.23. The molecule has 19 heavy (non-hydrogen) atoms. The fourth-order valence-corrected chi connectivity index (χ4v) is 4.88. The molecule has 0 bridgehead atoms. The maximum absolute atomic E-state index is 6.31. The van der Waals surface area contributed by atoms with Gasteiger partial charge in [-0.2, -0.15) is 0 Å². The molecule has 0 saturated carbocycles. The van der Waals surface area contributed by atoms with Gasteiger partial charge in [0.25, 0.3) is 0 Å². The lowest BCUT2D eigenvalue weighted by atomic mass is 10.1. The van der Waals surface area contributed by atoms with Gasteiger partial charge >= 0.3 is 0 Å². The van der Waals surface area contributed by atoms with Crippen LogP contribution in [0.15, 0.2) is 35.7 Å². The van der Waals surface area contributed by atoms with Crippen molar-refractivity contribution in [2.24, 2.45) is 0 Å². The lowest BCUT2D eigenvalue weighted by molar-refractivity contribution is 0.704. The lowest BCUT2D eigenvalue weighted by Crippen LogP contribution is -2.16. The van der Waals surface area contributed by atoms with Crippen molar-refractivity contribution in [1.29, 1.82) is 0 Å². The largest absolute Gasteiger partial charge is 0.309 e. The molecular formula is C14H11Cl2NS2. The van der Waals surface area contributed by atoms with Gasteiger partial charge in [-0.05, 0) is 42.3 Å². The molecule has 2 heterocycles. The van der Waals surface area contributed by atoms with E-state index in [1.807, 2.05) is 19.2 Å². The van der Waals surface area contributed by atoms with E-state index in [1.54, 1.807) is 28.7 Å². The van der Waals surface area contributed by atoms with Crippen molar-refractivity contribution in [2.45, 2.75) is 6.04 Å². The summed E-state index contributed by atoms with van der Waals surface area (Å²) >= 11 is 15.8. The number of benzene rings is 1. The van der Waals surface area contributed by atoms with Gasteiger partial charge in [-0.15, -0.1) is 22.7 Å². The molecule has 98 valence electrons. The average Bonchev–Trinajstić information content (AvgIpc) is 2.93. The third-order valence-electron chi connectivity index (χ3n) is 3.01. The first kappa shape index (κ1) is 13.4. The van der Waals surface area contributed by atoms with Crippen LogP contribution in [0.3, 0.4) is 0 Å². The monoisotopic (exact) mass is 327 g/mol. The van der Waals surface area contributed by atoms with Gasteiger partial charge in [-0.1, -0.05) is 29.3 Å². The predicted octanol–water partition coefficient (Wildman–Crippen LogP) is 5.58. The summed E-state index contributed by atoms with van der Waals surface area (Å²) in [5, 5.41) is 6.81. The first-order chi connectivity index (χ1) is 9.19. The molecule has 1 aromatic carbocycles. The molecule has 5 heteroatoms. The highest BCUT2D eigenvalue weighted by Crippen LogP contribution is 2.38. The van der Waals surface area contributed by atoms with Crippen LogP contribution in [0.25, 0.3) is 9.40 Å². The van der Waals surface area contributed by atoms with Crippen molar-refractivity contribution >= 4 is 55.3 Å². The van der Waals surface area contributed by atoms with Crippen molar-refractivity contribution in [1.82, 2.24) is 5.32 Å². The van der Waals surface area contributed by atoms with Gasteiger partial charge in [0.05, 0.1) is 6.04 Å². The molecule has 0 aliphatic carbocycles. The Labute approximate surface area is 129 Å². The van der Waals surface area contributed by atoms with E-state index in [0.29, 0.717) is 10.0 Å². The van der Waals surface area contributed by atoms with Gasteiger partial charge in [0.1, 0.15) is 0 Å². The van der Waals surface area contributed by atoms with E-state index in [2.05, 4.69) is 22.8 Å². The second-order valence-corrected chi connectivity index (χ2v) is 7.09. The zero-order valence-electron chi connectivity index (χ0n) is 10.1. The van der Waals surface area contributed by atoms with Gasteiger partial charge < -0.3 is 5.32 Å². The smallest absolute Gasteiger partial charge is 0.0683 e. The number of thiophene rings is 2. The Kier molecular flexibility index (Phi) is 3.83. The fraction of sp³-hybridized carbons (Fsp3) is 0.143. The molecule has 2 aromatic heterocycles. The molecular weight excluding hydrogens is 317 g/mol. The number of halogens is 2. The third kappa shape index (κ3) is 2.54. The second-order valence-electron chi connectivity index (χ2n) is 4.19. The van der Waals surface area contributed by atoms with E-state index >= 15 is 0 Å². The molecule has 0 spiro atoms. The lowest BCUT2D eigenvalue weighted by Gasteiger charge is -2.16. The number of fused-ring (bicyclic) bond motifs is 1. The molecule has 0 fully saturated rings. The molecule has 0 saturated heterocycles. The molecule has 0 aliphatic heterocycles. The summed E-state index contributed by atoms with van der Waals surface area (Å²) in [6, 6.07) is 10.2. The predicted molar refractivity (Wildman–Crippen MR) is 87.1 cm³/mol. The number of hydrogen-bond acceptors (Lipinski definition) is 3. The number of rotatable bonds is 3. The van der Waals surface area contributed by atoms with Crippen molar-refractivity contribution in [3.8, 4) is 0 Å². The van der Waals surface area contributed by atoms with Crippen molar-refractivity contribution in [2.75, 3.05) is 7.05 Å². The normalized spacial score (nSPS) is 13.0. The molecule has 1 N–H and O–H groups in total. The Bertz CT molecular complexity index is 689. The molecule has 3 aromatic rings. The third-order valence-corrected chi connectivity index (χ3v) is 5.73. The maximum atomic E-state index is 6.31. The van der Waals surface area contributed by atoms with Gasteiger partial charge in [0.2, 0.25) is 0 Å². The highest BCUT2D eigenvalue weighted by molar-refractivity contribution is 7.27. The van der Waals surface area contributed by atoms with Crippen LogP contribution in [0.1, 0.15) is 16.5 Å². The minimum atomic E-state index is 0.106. The van der Waals surface area contributed by atoms with Gasteiger partial charge in [-0.3, -0.25) is 0 Å². The van der Waals surface area contributed by atoms with E-state index in [4.69, 9.17) is 23.2 Å². The van der Waals surface area contributed by atoms with Crippen molar-refractivity contribution in [3.63, 3.8) is 0 Å². The Morgan fingerprint density at radius 1 is 1.11 bits per heavy atom. The van der Waals surface area contributed by atoms with E-state index in [9.17, 15) is 0 Å².